The maximum absolute atomic E-state index is 14.6. The summed E-state index contributed by atoms with van der Waals surface area (Å²) in [6.07, 6.45) is -2.77. The first kappa shape index (κ1) is 18.9. The molecule has 0 saturated carbocycles. The lowest BCUT2D eigenvalue weighted by Crippen LogP contribution is -2.15. The van der Waals surface area contributed by atoms with Gasteiger partial charge in [0.05, 0.1) is 11.4 Å². The van der Waals surface area contributed by atoms with Gasteiger partial charge in [0.25, 0.3) is 0 Å². The van der Waals surface area contributed by atoms with E-state index in [4.69, 9.17) is 11.6 Å². The zero-order valence-corrected chi connectivity index (χ0v) is 14.8. The fourth-order valence-electron chi connectivity index (χ4n) is 2.56. The van der Waals surface area contributed by atoms with Gasteiger partial charge in [0.15, 0.2) is 11.5 Å². The summed E-state index contributed by atoms with van der Waals surface area (Å²) in [5.41, 5.74) is -1.16. The van der Waals surface area contributed by atoms with Crippen LogP contribution < -0.4 is 4.90 Å². The molecule has 3 rings (SSSR count). The number of aryl methyl sites for hydroxylation is 2. The highest BCUT2D eigenvalue weighted by molar-refractivity contribution is 6.33. The Kier molecular flexibility index (Phi) is 4.68. The Balaban J connectivity index is 2.02. The summed E-state index contributed by atoms with van der Waals surface area (Å²) >= 11 is 6.01. The minimum atomic E-state index is -4.64. The standard InChI is InChI=1S/C16H12ClF4N5O/c1-24-7-11(17)15(23-24)26(8-27)9-3-4-10(12(18)5-9)13-6-14(16(19,20)21)22-25(13)2/h3-8H,1-2H3. The number of rotatable bonds is 4. The van der Waals surface area contributed by atoms with E-state index in [2.05, 4.69) is 10.2 Å². The molecule has 0 N–H and O–H groups in total. The molecule has 1 amide bonds. The van der Waals surface area contributed by atoms with Crippen molar-refractivity contribution < 1.29 is 22.4 Å². The van der Waals surface area contributed by atoms with Crippen molar-refractivity contribution in [2.75, 3.05) is 4.90 Å². The smallest absolute Gasteiger partial charge is 0.278 e. The van der Waals surface area contributed by atoms with Crippen molar-refractivity contribution in [2.45, 2.75) is 6.18 Å². The number of benzene rings is 1. The number of alkyl halides is 3. The molecule has 142 valence electrons. The van der Waals surface area contributed by atoms with Gasteiger partial charge in [-0.1, -0.05) is 11.6 Å². The zero-order chi connectivity index (χ0) is 19.9. The minimum absolute atomic E-state index is 0.0557. The van der Waals surface area contributed by atoms with Crippen molar-refractivity contribution in [3.05, 3.63) is 47.0 Å². The van der Waals surface area contributed by atoms with Crippen LogP contribution in [0, 0.1) is 5.82 Å². The molecule has 0 radical (unpaired) electrons. The van der Waals surface area contributed by atoms with Crippen LogP contribution >= 0.6 is 11.6 Å². The van der Waals surface area contributed by atoms with E-state index in [0.29, 0.717) is 6.41 Å². The number of anilines is 2. The van der Waals surface area contributed by atoms with Crippen molar-refractivity contribution in [3.63, 3.8) is 0 Å². The van der Waals surface area contributed by atoms with E-state index in [1.807, 2.05) is 0 Å². The molecule has 0 unspecified atom stereocenters. The van der Waals surface area contributed by atoms with Gasteiger partial charge < -0.3 is 0 Å². The van der Waals surface area contributed by atoms with Crippen molar-refractivity contribution in [3.8, 4) is 11.3 Å². The number of hydrogen-bond donors (Lipinski definition) is 0. The zero-order valence-electron chi connectivity index (χ0n) is 14.0. The number of amides is 1. The minimum Gasteiger partial charge on any atom is -0.278 e. The van der Waals surface area contributed by atoms with Crippen molar-refractivity contribution in [1.82, 2.24) is 19.6 Å². The summed E-state index contributed by atoms with van der Waals surface area (Å²) in [5.74, 6) is -0.732. The molecular formula is C16H12ClF4N5O. The van der Waals surface area contributed by atoms with Crippen LogP contribution in [0.25, 0.3) is 11.3 Å². The van der Waals surface area contributed by atoms with Crippen LogP contribution in [0.3, 0.4) is 0 Å². The molecule has 0 spiro atoms. The van der Waals surface area contributed by atoms with Gasteiger partial charge in [-0.2, -0.15) is 23.4 Å². The fourth-order valence-corrected chi connectivity index (χ4v) is 2.83. The van der Waals surface area contributed by atoms with Crippen LogP contribution in [0.4, 0.5) is 29.1 Å². The highest BCUT2D eigenvalue weighted by Gasteiger charge is 2.35. The fraction of sp³-hybridized carbons (Fsp3) is 0.188. The van der Waals surface area contributed by atoms with Crippen LogP contribution in [0.2, 0.25) is 5.02 Å². The number of aromatic nitrogens is 4. The lowest BCUT2D eigenvalue weighted by atomic mass is 10.1. The molecule has 0 bridgehead atoms. The predicted molar refractivity (Wildman–Crippen MR) is 90.0 cm³/mol. The third-order valence-corrected chi connectivity index (χ3v) is 4.04. The van der Waals surface area contributed by atoms with Gasteiger partial charge in [-0.15, -0.1) is 0 Å². The summed E-state index contributed by atoms with van der Waals surface area (Å²) in [4.78, 5) is 12.5. The molecular weight excluding hydrogens is 390 g/mol. The topological polar surface area (TPSA) is 56.0 Å². The van der Waals surface area contributed by atoms with Crippen LogP contribution in [0.15, 0.2) is 30.5 Å². The average molecular weight is 402 g/mol. The molecule has 0 aliphatic carbocycles. The first-order chi connectivity index (χ1) is 12.6. The van der Waals surface area contributed by atoms with Crippen LogP contribution in [-0.2, 0) is 25.1 Å². The number of halogens is 5. The first-order valence-electron chi connectivity index (χ1n) is 7.46. The predicted octanol–water partition coefficient (Wildman–Crippen LogP) is 3.93. The van der Waals surface area contributed by atoms with Gasteiger partial charge in [-0.3, -0.25) is 19.1 Å². The second-order valence-electron chi connectivity index (χ2n) is 5.65. The number of hydrogen-bond acceptors (Lipinski definition) is 3. The van der Waals surface area contributed by atoms with Crippen molar-refractivity contribution in [2.24, 2.45) is 14.1 Å². The molecule has 2 aromatic heterocycles. The molecule has 2 heterocycles. The SMILES string of the molecule is Cn1cc(Cl)c(N(C=O)c2ccc(-c3cc(C(F)(F)F)nn3C)c(F)c2)n1. The maximum atomic E-state index is 14.6. The number of nitrogens with zero attached hydrogens (tertiary/aromatic N) is 5. The van der Waals surface area contributed by atoms with Gasteiger partial charge in [0.1, 0.15) is 10.8 Å². The largest absolute Gasteiger partial charge is 0.435 e. The molecule has 0 aliphatic rings. The third-order valence-electron chi connectivity index (χ3n) is 3.78. The molecule has 0 atom stereocenters. The van der Waals surface area contributed by atoms with Crippen molar-refractivity contribution >= 4 is 29.5 Å². The average Bonchev–Trinajstić information content (AvgIpc) is 3.11. The summed E-state index contributed by atoms with van der Waals surface area (Å²) in [7, 11) is 2.88. The van der Waals surface area contributed by atoms with Crippen molar-refractivity contribution in [1.29, 1.82) is 0 Å². The summed E-state index contributed by atoms with van der Waals surface area (Å²) in [6.45, 7) is 0. The molecule has 6 nitrogen and oxygen atoms in total. The molecule has 0 fully saturated rings. The monoisotopic (exact) mass is 401 g/mol. The summed E-state index contributed by atoms with van der Waals surface area (Å²) in [6, 6.07) is 4.40. The second-order valence-corrected chi connectivity index (χ2v) is 6.06. The van der Waals surface area contributed by atoms with Gasteiger partial charge in [0.2, 0.25) is 6.41 Å². The molecule has 27 heavy (non-hydrogen) atoms. The Bertz CT molecular complexity index is 1010. The van der Waals surface area contributed by atoms with E-state index in [1.165, 1.54) is 30.1 Å². The van der Waals surface area contributed by atoms with E-state index in [9.17, 15) is 22.4 Å². The molecule has 0 aliphatic heterocycles. The number of carbonyl (C=O) groups excluding carboxylic acids is 1. The molecule has 11 heteroatoms. The second kappa shape index (κ2) is 6.69. The van der Waals surface area contributed by atoms with Gasteiger partial charge in [-0.05, 0) is 24.3 Å². The number of carbonyl (C=O) groups is 1. The van der Waals surface area contributed by atoms with E-state index >= 15 is 0 Å². The summed E-state index contributed by atoms with van der Waals surface area (Å²) in [5, 5.41) is 7.57. The highest BCUT2D eigenvalue weighted by atomic mass is 35.5. The Morgan fingerprint density at radius 3 is 2.37 bits per heavy atom. The lowest BCUT2D eigenvalue weighted by Gasteiger charge is -2.16. The quantitative estimate of drug-likeness (QED) is 0.492. The lowest BCUT2D eigenvalue weighted by molar-refractivity contribution is -0.141. The van der Waals surface area contributed by atoms with E-state index < -0.39 is 17.7 Å². The van der Waals surface area contributed by atoms with Gasteiger partial charge in [0, 0.05) is 25.9 Å². The Labute approximate surface area is 155 Å². The molecule has 3 aromatic rings. The Morgan fingerprint density at radius 1 is 1.19 bits per heavy atom. The molecule has 1 aromatic carbocycles. The Hall–Kier alpha value is -2.88. The third kappa shape index (κ3) is 3.52. The maximum Gasteiger partial charge on any atom is 0.435 e. The normalized spacial score (nSPS) is 11.7. The molecule has 0 saturated heterocycles. The van der Waals surface area contributed by atoms with E-state index in [0.717, 1.165) is 21.7 Å². The Morgan fingerprint density at radius 2 is 1.89 bits per heavy atom. The van der Waals surface area contributed by atoms with E-state index in [1.54, 1.807) is 7.05 Å². The van der Waals surface area contributed by atoms with Crippen LogP contribution in [0.5, 0.6) is 0 Å². The summed E-state index contributed by atoms with van der Waals surface area (Å²) < 4.78 is 55.3. The van der Waals surface area contributed by atoms with Crippen LogP contribution in [0.1, 0.15) is 5.69 Å². The van der Waals surface area contributed by atoms with Gasteiger partial charge in [-0.25, -0.2) is 4.39 Å². The highest BCUT2D eigenvalue weighted by Crippen LogP contribution is 2.35. The van der Waals surface area contributed by atoms with Gasteiger partial charge >= 0.3 is 6.18 Å². The first-order valence-corrected chi connectivity index (χ1v) is 7.84. The van der Waals surface area contributed by atoms with Crippen LogP contribution in [-0.4, -0.2) is 26.0 Å². The van der Waals surface area contributed by atoms with E-state index in [-0.39, 0.29) is 27.8 Å².